The van der Waals surface area contributed by atoms with Crippen molar-refractivity contribution in [1.29, 1.82) is 0 Å². The Morgan fingerprint density at radius 2 is 1.95 bits per heavy atom. The molecule has 0 unspecified atom stereocenters. The van der Waals surface area contributed by atoms with Gasteiger partial charge in [-0.25, -0.2) is 18.9 Å². The van der Waals surface area contributed by atoms with Crippen LogP contribution in [0.25, 0.3) is 16.8 Å². The molecule has 5 rings (SSSR count). The van der Waals surface area contributed by atoms with E-state index in [4.69, 9.17) is 10.2 Å². The second-order valence-electron chi connectivity index (χ2n) is 8.93. The van der Waals surface area contributed by atoms with Gasteiger partial charge in [-0.05, 0) is 24.6 Å². The first-order valence-corrected chi connectivity index (χ1v) is 11.4. The third-order valence-corrected chi connectivity index (χ3v) is 6.36. The lowest BCUT2D eigenvalue weighted by atomic mass is 10.0. The van der Waals surface area contributed by atoms with Gasteiger partial charge in [0.25, 0.3) is 11.8 Å². The minimum Gasteiger partial charge on any atom is -0.448 e. The molecule has 4 aromatic rings. The second-order valence-corrected chi connectivity index (χ2v) is 8.93. The molecule has 0 aliphatic carbocycles. The van der Waals surface area contributed by atoms with E-state index in [1.165, 1.54) is 17.2 Å². The summed E-state index contributed by atoms with van der Waals surface area (Å²) >= 11 is 0. The summed E-state index contributed by atoms with van der Waals surface area (Å²) in [6.45, 7) is 2.87. The molecule has 0 radical (unpaired) electrons. The van der Waals surface area contributed by atoms with Crippen LogP contribution in [-0.4, -0.2) is 61.6 Å². The molecule has 1 aromatic carbocycles. The van der Waals surface area contributed by atoms with Crippen LogP contribution in [0.2, 0.25) is 0 Å². The standard InChI is InChI=1S/C24H21F4N7O3/c1-11-3-4-13(19-6-15(24(26,27)28)20-21(29)30-10-31-35(19)20)5-14(11)22(36)33-17-8-34(7-16(17)25)23(37)18-9-38-12(2)32-18/h3-6,9-10,16-17H,7-8H2,1-2H3,(H,33,36)(H2,29,30,31)/t16-,17+/m0/s1. The van der Waals surface area contributed by atoms with E-state index in [0.29, 0.717) is 5.56 Å². The molecule has 10 nitrogen and oxygen atoms in total. The van der Waals surface area contributed by atoms with Gasteiger partial charge in [0.05, 0.1) is 23.8 Å². The number of aryl methyl sites for hydroxylation is 2. The van der Waals surface area contributed by atoms with Gasteiger partial charge in [-0.1, -0.05) is 12.1 Å². The maximum atomic E-state index is 14.8. The largest absolute Gasteiger partial charge is 0.448 e. The Kier molecular flexibility index (Phi) is 6.04. The number of fused-ring (bicyclic) bond motifs is 1. The van der Waals surface area contributed by atoms with E-state index in [-0.39, 0.29) is 47.3 Å². The number of halogens is 4. The number of rotatable bonds is 4. The van der Waals surface area contributed by atoms with E-state index < -0.39 is 41.3 Å². The van der Waals surface area contributed by atoms with Crippen LogP contribution in [0.4, 0.5) is 23.4 Å². The number of alkyl halides is 4. The van der Waals surface area contributed by atoms with E-state index in [1.807, 2.05) is 0 Å². The molecule has 0 spiro atoms. The maximum Gasteiger partial charge on any atom is 0.418 e. The highest BCUT2D eigenvalue weighted by Gasteiger charge is 2.38. The van der Waals surface area contributed by atoms with Gasteiger partial charge >= 0.3 is 6.18 Å². The third kappa shape index (κ3) is 4.41. The Labute approximate surface area is 212 Å². The lowest BCUT2D eigenvalue weighted by Gasteiger charge is -2.17. The highest BCUT2D eigenvalue weighted by Crippen LogP contribution is 2.38. The van der Waals surface area contributed by atoms with Gasteiger partial charge in [0.2, 0.25) is 0 Å². The number of nitrogens with one attached hydrogen (secondary N) is 1. The van der Waals surface area contributed by atoms with Crippen molar-refractivity contribution in [1.82, 2.24) is 29.8 Å². The molecular weight excluding hydrogens is 510 g/mol. The van der Waals surface area contributed by atoms with Crippen LogP contribution in [0.1, 0.15) is 37.9 Å². The number of oxazole rings is 1. The fourth-order valence-corrected chi connectivity index (χ4v) is 4.45. The first-order chi connectivity index (χ1) is 17.9. The molecule has 1 aliphatic rings. The second kappa shape index (κ2) is 9.11. The summed E-state index contributed by atoms with van der Waals surface area (Å²) in [5, 5.41) is 6.52. The number of hydrogen-bond donors (Lipinski definition) is 2. The normalized spacial score (nSPS) is 17.8. The van der Waals surface area contributed by atoms with Crippen LogP contribution in [-0.2, 0) is 6.18 Å². The molecule has 3 aromatic heterocycles. The van der Waals surface area contributed by atoms with Gasteiger partial charge in [-0.3, -0.25) is 9.59 Å². The van der Waals surface area contributed by atoms with Gasteiger partial charge in [0.1, 0.15) is 24.3 Å². The highest BCUT2D eigenvalue weighted by atomic mass is 19.4. The van der Waals surface area contributed by atoms with Crippen LogP contribution >= 0.6 is 0 Å². The first-order valence-electron chi connectivity index (χ1n) is 11.4. The van der Waals surface area contributed by atoms with Crippen molar-refractivity contribution >= 4 is 23.1 Å². The smallest absolute Gasteiger partial charge is 0.418 e. The van der Waals surface area contributed by atoms with Gasteiger partial charge < -0.3 is 20.4 Å². The van der Waals surface area contributed by atoms with E-state index in [1.54, 1.807) is 26.0 Å². The highest BCUT2D eigenvalue weighted by molar-refractivity contribution is 5.97. The molecule has 1 fully saturated rings. The topological polar surface area (TPSA) is 132 Å². The van der Waals surface area contributed by atoms with Gasteiger partial charge in [-0.15, -0.1) is 0 Å². The van der Waals surface area contributed by atoms with Gasteiger partial charge in [0.15, 0.2) is 17.4 Å². The number of nitrogens with two attached hydrogens (primary N) is 1. The summed E-state index contributed by atoms with van der Waals surface area (Å²) in [5.41, 5.74) is 5.26. The van der Waals surface area contributed by atoms with Crippen LogP contribution in [0.15, 0.2) is 41.3 Å². The predicted octanol–water partition coefficient (Wildman–Crippen LogP) is 3.19. The summed E-state index contributed by atoms with van der Waals surface area (Å²) in [4.78, 5) is 34.6. The molecule has 198 valence electrons. The fourth-order valence-electron chi connectivity index (χ4n) is 4.45. The number of nitrogens with zero attached hydrogens (tertiary/aromatic N) is 5. The van der Waals surface area contributed by atoms with Crippen LogP contribution in [0.3, 0.4) is 0 Å². The van der Waals surface area contributed by atoms with E-state index in [9.17, 15) is 27.2 Å². The lowest BCUT2D eigenvalue weighted by molar-refractivity contribution is -0.136. The summed E-state index contributed by atoms with van der Waals surface area (Å²) in [6, 6.07) is 4.39. The zero-order valence-electron chi connectivity index (χ0n) is 20.1. The summed E-state index contributed by atoms with van der Waals surface area (Å²) in [6.07, 6.45) is -4.05. The molecule has 1 saturated heterocycles. The lowest BCUT2D eigenvalue weighted by Crippen LogP contribution is -2.42. The van der Waals surface area contributed by atoms with Gasteiger partial charge in [-0.2, -0.15) is 18.3 Å². The summed E-state index contributed by atoms with van der Waals surface area (Å²) in [5.74, 6) is -1.23. The minimum atomic E-state index is -4.72. The minimum absolute atomic E-state index is 0.0346. The Hall–Kier alpha value is -4.49. The van der Waals surface area contributed by atoms with Gasteiger partial charge in [0, 0.05) is 24.6 Å². The SMILES string of the molecule is Cc1nc(C(=O)N2C[C@H](F)[C@H](NC(=O)c3cc(-c4cc(C(F)(F)F)c5c(N)ncnn45)ccc3C)C2)co1. The average molecular weight is 531 g/mol. The van der Waals surface area contributed by atoms with Crippen molar-refractivity contribution in [2.45, 2.75) is 32.2 Å². The number of nitrogen functional groups attached to an aromatic ring is 1. The average Bonchev–Trinajstić information content (AvgIpc) is 3.56. The van der Waals surface area contributed by atoms with Crippen LogP contribution < -0.4 is 11.1 Å². The zero-order chi connectivity index (χ0) is 27.4. The van der Waals surface area contributed by atoms with Crippen molar-refractivity contribution < 1.29 is 31.6 Å². The Morgan fingerprint density at radius 1 is 1.18 bits per heavy atom. The van der Waals surface area contributed by atoms with E-state index in [2.05, 4.69) is 20.4 Å². The molecule has 14 heteroatoms. The molecule has 2 atom stereocenters. The van der Waals surface area contributed by atoms with Crippen LogP contribution in [0.5, 0.6) is 0 Å². The quantitative estimate of drug-likeness (QED) is 0.387. The molecule has 1 aliphatic heterocycles. The number of benzene rings is 1. The Bertz CT molecular complexity index is 1560. The van der Waals surface area contributed by atoms with Crippen molar-refractivity contribution in [2.75, 3.05) is 18.8 Å². The molecule has 0 bridgehead atoms. The van der Waals surface area contributed by atoms with E-state index >= 15 is 0 Å². The third-order valence-electron chi connectivity index (χ3n) is 6.36. The summed E-state index contributed by atoms with van der Waals surface area (Å²) in [7, 11) is 0. The van der Waals surface area contributed by atoms with Crippen LogP contribution in [0, 0.1) is 13.8 Å². The predicted molar refractivity (Wildman–Crippen MR) is 126 cm³/mol. The number of amides is 2. The molecule has 3 N–H and O–H groups in total. The molecule has 38 heavy (non-hydrogen) atoms. The molecular formula is C24H21F4N7O3. The fraction of sp³-hybridized carbons (Fsp3) is 0.292. The summed E-state index contributed by atoms with van der Waals surface area (Å²) < 4.78 is 61.9. The van der Waals surface area contributed by atoms with Crippen molar-refractivity contribution in [3.8, 4) is 11.3 Å². The van der Waals surface area contributed by atoms with E-state index in [0.717, 1.165) is 16.9 Å². The Morgan fingerprint density at radius 3 is 2.63 bits per heavy atom. The maximum absolute atomic E-state index is 14.8. The van der Waals surface area contributed by atoms with Crippen molar-refractivity contribution in [3.05, 3.63) is 65.1 Å². The number of carbonyl (C=O) groups is 2. The monoisotopic (exact) mass is 531 g/mol. The zero-order valence-corrected chi connectivity index (χ0v) is 20.1. The number of likely N-dealkylation sites (tertiary alicyclic amines) is 1. The number of aromatic nitrogens is 4. The molecule has 2 amide bonds. The molecule has 0 saturated carbocycles. The number of carbonyl (C=O) groups excluding carboxylic acids is 2. The number of hydrogen-bond acceptors (Lipinski definition) is 7. The number of anilines is 1. The van der Waals surface area contributed by atoms with Crippen molar-refractivity contribution in [2.24, 2.45) is 0 Å². The van der Waals surface area contributed by atoms with Crippen molar-refractivity contribution in [3.63, 3.8) is 0 Å². The Balaban J connectivity index is 1.42. The first kappa shape index (κ1) is 25.2. The molecule has 4 heterocycles.